The van der Waals surface area contributed by atoms with E-state index in [0.717, 1.165) is 19.3 Å². The van der Waals surface area contributed by atoms with Crippen molar-refractivity contribution in [2.75, 3.05) is 6.61 Å². The van der Waals surface area contributed by atoms with Gasteiger partial charge >= 0.3 is 6.47 Å². The van der Waals surface area contributed by atoms with Crippen molar-refractivity contribution in [3.8, 4) is 0 Å². The lowest BCUT2D eigenvalue weighted by Crippen LogP contribution is -2.41. The molecule has 15 heavy (non-hydrogen) atoms. The molecular formula is C12H21O3. The summed E-state index contributed by atoms with van der Waals surface area (Å²) in [7, 11) is 0. The van der Waals surface area contributed by atoms with E-state index in [1.807, 2.05) is 13.8 Å². The summed E-state index contributed by atoms with van der Waals surface area (Å²) in [4.78, 5) is 10.4. The predicted molar refractivity (Wildman–Crippen MR) is 58.0 cm³/mol. The smallest absolute Gasteiger partial charge is 0.420 e. The Bertz CT molecular complexity index is 187. The average Bonchev–Trinajstić information content (AvgIpc) is 2.28. The van der Waals surface area contributed by atoms with Gasteiger partial charge in [0.05, 0.1) is 6.61 Å². The maximum atomic E-state index is 10.4. The zero-order valence-corrected chi connectivity index (χ0v) is 9.75. The molecule has 3 heteroatoms. The summed E-state index contributed by atoms with van der Waals surface area (Å²) in [5.74, 6) is -0.419. The molecule has 0 N–H and O–H groups in total. The van der Waals surface area contributed by atoms with Crippen LogP contribution in [0.3, 0.4) is 0 Å². The van der Waals surface area contributed by atoms with Gasteiger partial charge in [-0.3, -0.25) is 0 Å². The molecule has 1 aliphatic carbocycles. The first-order chi connectivity index (χ1) is 7.23. The van der Waals surface area contributed by atoms with Crippen LogP contribution in [0.1, 0.15) is 52.4 Å². The molecule has 0 spiro atoms. The molecule has 1 aliphatic rings. The molecule has 0 saturated heterocycles. The van der Waals surface area contributed by atoms with Crippen LogP contribution in [0, 0.1) is 5.92 Å². The van der Waals surface area contributed by atoms with E-state index in [0.29, 0.717) is 12.5 Å². The SMILES string of the molecule is CCCOC(C)(O[C]=O)C1CCCCC1. The highest BCUT2D eigenvalue weighted by Gasteiger charge is 2.37. The molecule has 0 bridgehead atoms. The van der Waals surface area contributed by atoms with Crippen molar-refractivity contribution >= 4 is 6.47 Å². The van der Waals surface area contributed by atoms with Crippen LogP contribution in [-0.4, -0.2) is 18.9 Å². The fraction of sp³-hybridized carbons (Fsp3) is 0.917. The summed E-state index contributed by atoms with van der Waals surface area (Å²) in [5.41, 5.74) is 0. The second kappa shape index (κ2) is 6.11. The van der Waals surface area contributed by atoms with E-state index in [9.17, 15) is 4.79 Å². The highest BCUT2D eigenvalue weighted by atomic mass is 16.7. The lowest BCUT2D eigenvalue weighted by molar-refractivity contribution is -0.218. The van der Waals surface area contributed by atoms with Gasteiger partial charge in [0, 0.05) is 12.8 Å². The van der Waals surface area contributed by atoms with E-state index < -0.39 is 5.79 Å². The maximum Gasteiger partial charge on any atom is 0.420 e. The van der Waals surface area contributed by atoms with Gasteiger partial charge < -0.3 is 9.47 Å². The van der Waals surface area contributed by atoms with Gasteiger partial charge in [0.15, 0.2) is 0 Å². The molecule has 3 nitrogen and oxygen atoms in total. The third-order valence-electron chi connectivity index (χ3n) is 3.18. The van der Waals surface area contributed by atoms with Crippen molar-refractivity contribution in [2.24, 2.45) is 5.92 Å². The summed E-state index contributed by atoms with van der Waals surface area (Å²) in [5, 5.41) is 0. The van der Waals surface area contributed by atoms with Gasteiger partial charge in [-0.25, -0.2) is 4.79 Å². The van der Waals surface area contributed by atoms with Crippen LogP contribution in [-0.2, 0) is 14.3 Å². The fourth-order valence-electron chi connectivity index (χ4n) is 2.25. The Labute approximate surface area is 92.1 Å². The van der Waals surface area contributed by atoms with E-state index >= 15 is 0 Å². The zero-order valence-electron chi connectivity index (χ0n) is 9.75. The second-order valence-corrected chi connectivity index (χ2v) is 4.38. The monoisotopic (exact) mass is 213 g/mol. The van der Waals surface area contributed by atoms with Gasteiger partial charge in [0.25, 0.3) is 0 Å². The minimum absolute atomic E-state index is 0.333. The normalized spacial score (nSPS) is 22.0. The quantitative estimate of drug-likeness (QED) is 0.636. The lowest BCUT2D eigenvalue weighted by atomic mass is 9.83. The van der Waals surface area contributed by atoms with Crippen LogP contribution >= 0.6 is 0 Å². The van der Waals surface area contributed by atoms with Gasteiger partial charge in [0.1, 0.15) is 0 Å². The topological polar surface area (TPSA) is 35.5 Å². The molecule has 0 aromatic rings. The Morgan fingerprint density at radius 1 is 1.33 bits per heavy atom. The maximum absolute atomic E-state index is 10.4. The Kier molecular flexibility index (Phi) is 5.09. The summed E-state index contributed by atoms with van der Waals surface area (Å²) >= 11 is 0. The number of ether oxygens (including phenoxy) is 2. The molecule has 0 heterocycles. The van der Waals surface area contributed by atoms with E-state index in [-0.39, 0.29) is 0 Å². The van der Waals surface area contributed by atoms with Crippen LogP contribution in [0.2, 0.25) is 0 Å². The Morgan fingerprint density at radius 3 is 2.53 bits per heavy atom. The Morgan fingerprint density at radius 2 is 2.00 bits per heavy atom. The zero-order chi connectivity index (χ0) is 11.1. The van der Waals surface area contributed by atoms with E-state index in [2.05, 4.69) is 0 Å². The van der Waals surface area contributed by atoms with Crippen LogP contribution in [0.4, 0.5) is 0 Å². The third-order valence-corrected chi connectivity index (χ3v) is 3.18. The van der Waals surface area contributed by atoms with E-state index in [4.69, 9.17) is 9.47 Å². The first kappa shape index (κ1) is 12.5. The summed E-state index contributed by atoms with van der Waals surface area (Å²) in [6, 6.07) is 0. The summed E-state index contributed by atoms with van der Waals surface area (Å²) < 4.78 is 10.7. The van der Waals surface area contributed by atoms with Crippen LogP contribution in [0.5, 0.6) is 0 Å². The second-order valence-electron chi connectivity index (χ2n) is 4.38. The predicted octanol–water partition coefficient (Wildman–Crippen LogP) is 2.79. The molecule has 0 amide bonds. The molecule has 1 saturated carbocycles. The molecule has 1 unspecified atom stereocenters. The molecule has 1 fully saturated rings. The fourth-order valence-corrected chi connectivity index (χ4v) is 2.25. The highest BCUT2D eigenvalue weighted by molar-refractivity contribution is 5.39. The van der Waals surface area contributed by atoms with Crippen molar-refractivity contribution < 1.29 is 14.3 Å². The van der Waals surface area contributed by atoms with Crippen LogP contribution in [0.15, 0.2) is 0 Å². The van der Waals surface area contributed by atoms with E-state index in [1.54, 1.807) is 0 Å². The van der Waals surface area contributed by atoms with Crippen LogP contribution < -0.4 is 0 Å². The molecule has 1 rings (SSSR count). The minimum atomic E-state index is -0.752. The highest BCUT2D eigenvalue weighted by Crippen LogP contribution is 2.35. The summed E-state index contributed by atoms with van der Waals surface area (Å²) in [6.45, 7) is 6.09. The van der Waals surface area contributed by atoms with Crippen molar-refractivity contribution in [3.05, 3.63) is 0 Å². The number of carbonyl (C=O) groups excluding carboxylic acids is 1. The van der Waals surface area contributed by atoms with Gasteiger partial charge in [0.2, 0.25) is 5.79 Å². The average molecular weight is 213 g/mol. The van der Waals surface area contributed by atoms with E-state index in [1.165, 1.54) is 25.7 Å². The third kappa shape index (κ3) is 3.49. The molecule has 1 atom stereocenters. The van der Waals surface area contributed by atoms with Crippen molar-refractivity contribution in [1.29, 1.82) is 0 Å². The largest absolute Gasteiger partial charge is 0.425 e. The molecule has 87 valence electrons. The molecular weight excluding hydrogens is 192 g/mol. The summed E-state index contributed by atoms with van der Waals surface area (Å²) in [6.07, 6.45) is 6.80. The van der Waals surface area contributed by atoms with Crippen molar-refractivity contribution in [2.45, 2.75) is 58.2 Å². The van der Waals surface area contributed by atoms with Crippen molar-refractivity contribution in [3.63, 3.8) is 0 Å². The van der Waals surface area contributed by atoms with Gasteiger partial charge in [-0.1, -0.05) is 26.2 Å². The molecule has 0 aromatic heterocycles. The van der Waals surface area contributed by atoms with Gasteiger partial charge in [-0.15, -0.1) is 0 Å². The first-order valence-electron chi connectivity index (χ1n) is 5.92. The van der Waals surface area contributed by atoms with Crippen LogP contribution in [0.25, 0.3) is 0 Å². The Hall–Kier alpha value is -0.570. The standard InChI is InChI=1S/C12H21O3/c1-3-9-14-12(2,15-10-13)11-7-5-4-6-8-11/h11H,3-9H2,1-2H3. The number of rotatable bonds is 6. The molecule has 1 radical (unpaired) electrons. The molecule has 0 aliphatic heterocycles. The van der Waals surface area contributed by atoms with Gasteiger partial charge in [-0.2, -0.15) is 0 Å². The van der Waals surface area contributed by atoms with Gasteiger partial charge in [-0.05, 0) is 19.3 Å². The Balaban J connectivity index is 2.55. The number of hydrogen-bond donors (Lipinski definition) is 0. The minimum Gasteiger partial charge on any atom is -0.425 e. The lowest BCUT2D eigenvalue weighted by Gasteiger charge is -2.37. The first-order valence-corrected chi connectivity index (χ1v) is 5.92. The number of hydrogen-bond acceptors (Lipinski definition) is 3. The van der Waals surface area contributed by atoms with Crippen molar-refractivity contribution in [1.82, 2.24) is 0 Å². The molecule has 0 aromatic carbocycles.